The molecular formula is C115H59N13O3. The van der Waals surface area contributed by atoms with E-state index in [1.165, 1.54) is 0 Å². The minimum absolute atomic E-state index is 0.118. The maximum Gasteiger partial charge on any atom is 0.264 e. The molecule has 0 N–H and O–H groups in total. The SMILES string of the molecule is [C-]#[N+]c1ccc(-c2cc(-c3ccc(C#N)cc3)c3nc4c5ccc(-c6ccc(C#N)cc6)c6cccc(c(=O)n4c3c2)c65)cc1.[C-]#[N+]c1ccc(-c2cc(-c3ccc(C#N)cc3)c3nc4c5ccc(-c6ccccc6)c6cccc(c(=O)n4c3c2)c65)cc1.[C-]#[N+]c1ccc(-c2cc(-c3ccc(C#N)cc3)c3nc4c5cccc6c(-c7ccccc7)ccc(c(=O)n4c3c2)c65)cc1. The van der Waals surface area contributed by atoms with Gasteiger partial charge in [-0.25, -0.2) is 29.5 Å². The van der Waals surface area contributed by atoms with Gasteiger partial charge in [-0.05, 0) is 215 Å². The summed E-state index contributed by atoms with van der Waals surface area (Å²) in [5.41, 5.74) is 26.5. The van der Waals surface area contributed by atoms with Crippen LogP contribution in [0, 0.1) is 65.0 Å². The van der Waals surface area contributed by atoms with Crippen molar-refractivity contribution in [1.29, 1.82) is 21.0 Å². The van der Waals surface area contributed by atoms with E-state index < -0.39 is 0 Å². The highest BCUT2D eigenvalue weighted by Crippen LogP contribution is 2.45. The van der Waals surface area contributed by atoms with Gasteiger partial charge in [-0.1, -0.05) is 243 Å². The Hall–Kier alpha value is -19.4. The van der Waals surface area contributed by atoms with Crippen LogP contribution in [-0.4, -0.2) is 28.2 Å². The van der Waals surface area contributed by atoms with Crippen molar-refractivity contribution in [3.8, 4) is 124 Å². The fraction of sp³-hybridized carbons (Fsp3) is 0. The monoisotopic (exact) mass is 1670 g/mol. The zero-order valence-electron chi connectivity index (χ0n) is 69.1. The third-order valence-electron chi connectivity index (χ3n) is 24.9. The van der Waals surface area contributed by atoms with Crippen molar-refractivity contribution < 1.29 is 0 Å². The summed E-state index contributed by atoms with van der Waals surface area (Å²) in [4.78, 5) is 69.1. The molecule has 24 aromatic rings. The van der Waals surface area contributed by atoms with Crippen LogP contribution < -0.4 is 16.7 Å². The van der Waals surface area contributed by atoms with Crippen LogP contribution in [0.15, 0.2) is 372 Å². The first kappa shape index (κ1) is 77.6. The van der Waals surface area contributed by atoms with Crippen molar-refractivity contribution in [3.05, 3.63) is 445 Å². The lowest BCUT2D eigenvalue weighted by Crippen LogP contribution is -2.13. The molecule has 0 atom stereocenters. The molecule has 0 amide bonds. The molecule has 6 heterocycles. The fourth-order valence-electron chi connectivity index (χ4n) is 18.6. The van der Waals surface area contributed by atoms with E-state index in [-0.39, 0.29) is 16.7 Å². The van der Waals surface area contributed by atoms with E-state index >= 15 is 0 Å². The molecule has 0 saturated heterocycles. The summed E-state index contributed by atoms with van der Waals surface area (Å²) in [6.07, 6.45) is 0. The number of benzene rings is 18. The number of hydrogen-bond donors (Lipinski definition) is 0. The van der Waals surface area contributed by atoms with Crippen LogP contribution in [0.3, 0.4) is 0 Å². The number of pyridine rings is 3. The standard InChI is InChI=1S/C39H19N5O.2C38H20N4O/c1-42-29-15-13-25(14-16-29)28-19-34(27-11-7-24(22-41)8-12-27)37-35(20-28)44-38(43-37)32-18-17-30(26-9-5-23(21-40)6-10-26)31-3-2-4-33(36(31)32)39(44)45;1-40-28-16-14-24(15-17-28)27-20-33(26-12-10-23(22-39)11-13-26)36-34(21-27)42-37(41-36)31-19-18-29(25-6-3-2-4-7-25)30-8-5-9-32(35(30)31)38(42)43;1-40-28-16-14-24(15-17-28)27-20-33(26-12-10-23(22-39)11-13-26)36-34(21-27)42-37(41-36)31-9-5-8-30-29(25-6-3-2-4-7-25)18-19-32(35(30)31)38(42)43/h2-20H;2*2-21H. The molecular weight excluding hydrogens is 1610 g/mol. The quantitative estimate of drug-likeness (QED) is 0.125. The van der Waals surface area contributed by atoms with Crippen LogP contribution in [0.25, 0.3) is 229 Å². The van der Waals surface area contributed by atoms with Crippen LogP contribution >= 0.6 is 0 Å². The number of aromatic nitrogens is 6. The van der Waals surface area contributed by atoms with Gasteiger partial charge in [0.25, 0.3) is 16.7 Å². The molecule has 131 heavy (non-hydrogen) atoms. The molecule has 16 heteroatoms. The highest BCUT2D eigenvalue weighted by Gasteiger charge is 2.27. The lowest BCUT2D eigenvalue weighted by molar-refractivity contribution is 1.19. The topological polar surface area (TPSA) is 211 Å². The van der Waals surface area contributed by atoms with E-state index in [1.807, 2.05) is 206 Å². The van der Waals surface area contributed by atoms with E-state index in [4.69, 9.17) is 34.7 Å². The van der Waals surface area contributed by atoms with Crippen molar-refractivity contribution in [2.75, 3.05) is 0 Å². The molecule has 0 unspecified atom stereocenters. The van der Waals surface area contributed by atoms with Gasteiger partial charge in [0.15, 0.2) is 17.1 Å². The third kappa shape index (κ3) is 12.9. The van der Waals surface area contributed by atoms with Crippen LogP contribution in [0.5, 0.6) is 0 Å². The van der Waals surface area contributed by atoms with Gasteiger partial charge in [0.2, 0.25) is 0 Å². The minimum atomic E-state index is -0.158. The molecule has 0 radical (unpaired) electrons. The number of rotatable bonds is 9. The maximum absolute atomic E-state index is 14.4. The van der Waals surface area contributed by atoms with E-state index in [0.717, 1.165) is 149 Å². The van der Waals surface area contributed by atoms with Gasteiger partial charge in [0, 0.05) is 65.2 Å². The number of imidazole rings is 3. The normalized spacial score (nSPS) is 11.2. The van der Waals surface area contributed by atoms with Gasteiger partial charge in [-0.15, -0.1) is 0 Å². The predicted octanol–water partition coefficient (Wildman–Crippen LogP) is 26.9. The second-order valence-electron chi connectivity index (χ2n) is 32.0. The number of fused-ring (bicyclic) bond motifs is 12. The summed E-state index contributed by atoms with van der Waals surface area (Å²) in [6.45, 7) is 22.0. The third-order valence-corrected chi connectivity index (χ3v) is 24.9. The average molecular weight is 1670 g/mol. The van der Waals surface area contributed by atoms with E-state index in [1.54, 1.807) is 98.1 Å². The maximum atomic E-state index is 14.4. The van der Waals surface area contributed by atoms with E-state index in [0.29, 0.717) is 106 Å². The molecule has 0 saturated carbocycles. The van der Waals surface area contributed by atoms with Crippen molar-refractivity contribution in [2.24, 2.45) is 0 Å². The Morgan fingerprint density at radius 1 is 0.221 bits per heavy atom. The smallest absolute Gasteiger partial charge is 0.264 e. The van der Waals surface area contributed by atoms with Crippen molar-refractivity contribution >= 4 is 132 Å². The first-order valence-corrected chi connectivity index (χ1v) is 42.0. The van der Waals surface area contributed by atoms with Crippen molar-refractivity contribution in [2.45, 2.75) is 0 Å². The summed E-state index contributed by atoms with van der Waals surface area (Å²) in [7, 11) is 0. The summed E-state index contributed by atoms with van der Waals surface area (Å²) < 4.78 is 5.18. The second-order valence-corrected chi connectivity index (χ2v) is 32.0. The minimum Gasteiger partial charge on any atom is -0.268 e. The molecule has 0 fully saturated rings. The molecule has 24 rings (SSSR count). The molecule has 0 spiro atoms. The Morgan fingerprint density at radius 2 is 0.458 bits per heavy atom. The van der Waals surface area contributed by atoms with Crippen LogP contribution in [0.4, 0.5) is 17.1 Å². The summed E-state index contributed by atoms with van der Waals surface area (Å²) in [5.74, 6) is 0. The largest absolute Gasteiger partial charge is 0.268 e. The van der Waals surface area contributed by atoms with Crippen LogP contribution in [-0.2, 0) is 0 Å². The first-order chi connectivity index (χ1) is 64.4. The molecule has 0 aliphatic rings. The Kier molecular flexibility index (Phi) is 18.6. The van der Waals surface area contributed by atoms with E-state index in [9.17, 15) is 35.4 Å². The van der Waals surface area contributed by atoms with Gasteiger partial charge in [0.05, 0.1) is 99.3 Å². The summed E-state index contributed by atoms with van der Waals surface area (Å²) in [5, 5.41) is 47.6. The van der Waals surface area contributed by atoms with Crippen LogP contribution in [0.2, 0.25) is 0 Å². The average Bonchev–Trinajstić information content (AvgIpc) is 1.59. The molecule has 18 aromatic carbocycles. The van der Waals surface area contributed by atoms with E-state index in [2.05, 4.69) is 106 Å². The lowest BCUT2D eigenvalue weighted by Gasteiger charge is -2.12. The number of hydrogen-bond acceptors (Lipinski definition) is 10. The van der Waals surface area contributed by atoms with Crippen molar-refractivity contribution in [3.63, 3.8) is 0 Å². The Morgan fingerprint density at radius 3 is 0.740 bits per heavy atom. The fourth-order valence-corrected chi connectivity index (χ4v) is 18.6. The summed E-state index contributed by atoms with van der Waals surface area (Å²) in [6, 6.07) is 123. The first-order valence-electron chi connectivity index (χ1n) is 42.0. The molecule has 0 bridgehead atoms. The predicted molar refractivity (Wildman–Crippen MR) is 522 cm³/mol. The van der Waals surface area contributed by atoms with Gasteiger partial charge < -0.3 is 0 Å². The van der Waals surface area contributed by atoms with Gasteiger partial charge in [-0.3, -0.25) is 27.6 Å². The number of nitriles is 4. The Balaban J connectivity index is 0.000000115. The number of nitrogens with zero attached hydrogens (tertiary/aromatic N) is 13. The highest BCUT2D eigenvalue weighted by atomic mass is 16.1. The zero-order valence-corrected chi connectivity index (χ0v) is 69.1. The zero-order chi connectivity index (χ0) is 88.8. The lowest BCUT2D eigenvalue weighted by atomic mass is 9.94. The van der Waals surface area contributed by atoms with Gasteiger partial charge >= 0.3 is 0 Å². The Labute approximate surface area is 746 Å². The second kappa shape index (κ2) is 31.4. The molecule has 0 aliphatic heterocycles. The molecule has 602 valence electrons. The summed E-state index contributed by atoms with van der Waals surface area (Å²) >= 11 is 0. The molecule has 6 aromatic heterocycles. The molecule has 0 aliphatic carbocycles. The van der Waals surface area contributed by atoms with Gasteiger partial charge in [-0.2, -0.15) is 21.0 Å². The van der Waals surface area contributed by atoms with Gasteiger partial charge in [0.1, 0.15) is 16.9 Å². The highest BCUT2D eigenvalue weighted by molar-refractivity contribution is 6.23. The van der Waals surface area contributed by atoms with Crippen LogP contribution in [0.1, 0.15) is 22.3 Å². The Bertz CT molecular complexity index is 9130. The van der Waals surface area contributed by atoms with Crippen molar-refractivity contribution in [1.82, 2.24) is 28.2 Å². The molecule has 16 nitrogen and oxygen atoms in total.